The van der Waals surface area contributed by atoms with E-state index in [1.165, 1.54) is 52.1 Å². The van der Waals surface area contributed by atoms with Gasteiger partial charge in [-0.3, -0.25) is 0 Å². The maximum atomic E-state index is 3.82. The van der Waals surface area contributed by atoms with Crippen molar-refractivity contribution in [2.24, 2.45) is 0 Å². The van der Waals surface area contributed by atoms with Crippen LogP contribution in [0.1, 0.15) is 32.8 Å². The summed E-state index contributed by atoms with van der Waals surface area (Å²) >= 11 is 13.3. The number of rotatable bonds is 2. The monoisotopic (exact) mass is 530 g/mol. The van der Waals surface area contributed by atoms with E-state index in [1.54, 1.807) is 0 Å². The number of halogens is 2. The van der Waals surface area contributed by atoms with Gasteiger partial charge in [0.25, 0.3) is 0 Å². The minimum Gasteiger partial charge on any atom is -0.121 e. The van der Waals surface area contributed by atoms with Crippen LogP contribution in [-0.4, -0.2) is 0 Å². The first-order chi connectivity index (χ1) is 13.2. The molecule has 0 fully saturated rings. The minimum atomic E-state index is 0.473. The molecule has 132 valence electrons. The molecule has 27 heavy (non-hydrogen) atoms. The fourth-order valence-corrected chi connectivity index (χ4v) is 8.44. The van der Waals surface area contributed by atoms with Crippen LogP contribution >= 0.6 is 67.1 Å². The van der Waals surface area contributed by atoms with Gasteiger partial charge in [-0.05, 0) is 100 Å². The van der Waals surface area contributed by atoms with Crippen molar-refractivity contribution in [3.8, 4) is 0 Å². The average molecular weight is 532 g/mol. The van der Waals surface area contributed by atoms with Gasteiger partial charge in [-0.15, -0.1) is 23.5 Å². The third-order valence-corrected chi connectivity index (χ3v) is 10.6. The molecule has 0 bridgehead atoms. The molecule has 0 radical (unpaired) electrons. The van der Waals surface area contributed by atoms with Gasteiger partial charge in [0.05, 0.1) is 10.5 Å². The third-order valence-electron chi connectivity index (χ3n) is 5.31. The van der Waals surface area contributed by atoms with Crippen molar-refractivity contribution < 1.29 is 0 Å². The molecule has 0 amide bonds. The predicted octanol–water partition coefficient (Wildman–Crippen LogP) is 8.76. The lowest BCUT2D eigenvalue weighted by atomic mass is 10.1. The molecule has 4 aliphatic rings. The quantitative estimate of drug-likeness (QED) is 0.380. The summed E-state index contributed by atoms with van der Waals surface area (Å²) in [5.41, 5.74) is 8.45. The van der Waals surface area contributed by atoms with E-state index in [1.807, 2.05) is 35.3 Å². The lowest BCUT2D eigenvalue weighted by Crippen LogP contribution is -1.93. The fraction of sp³-hybridized carbons (Fsp3) is 0.0909. The summed E-state index contributed by atoms with van der Waals surface area (Å²) in [6.45, 7) is 0. The molecule has 0 nitrogen and oxygen atoms in total. The molecule has 2 aliphatic carbocycles. The normalized spacial score (nSPS) is 23.2. The molecule has 0 saturated heterocycles. The second kappa shape index (κ2) is 6.46. The Balaban J connectivity index is 1.50. The summed E-state index contributed by atoms with van der Waals surface area (Å²) in [6, 6.07) is 8.96. The Morgan fingerprint density at radius 1 is 0.704 bits per heavy atom. The lowest BCUT2D eigenvalue weighted by Gasteiger charge is -2.16. The van der Waals surface area contributed by atoms with Gasteiger partial charge in [-0.1, -0.05) is 36.0 Å². The summed E-state index contributed by atoms with van der Waals surface area (Å²) in [5.74, 6) is 0. The highest BCUT2D eigenvalue weighted by Gasteiger charge is 2.32. The molecule has 2 heterocycles. The number of hydrogen-bond donors (Lipinski definition) is 0. The molecule has 0 aromatic heterocycles. The van der Waals surface area contributed by atoms with Crippen molar-refractivity contribution in [3.63, 3.8) is 0 Å². The van der Waals surface area contributed by atoms with Crippen LogP contribution in [0.3, 0.4) is 0 Å². The zero-order valence-electron chi connectivity index (χ0n) is 13.9. The van der Waals surface area contributed by atoms with Crippen molar-refractivity contribution in [2.75, 3.05) is 0 Å². The van der Waals surface area contributed by atoms with Gasteiger partial charge in [0.2, 0.25) is 0 Å². The summed E-state index contributed by atoms with van der Waals surface area (Å²) in [7, 11) is 0. The number of benzene rings is 2. The number of hydrogen-bond acceptors (Lipinski definition) is 3. The number of thioether (sulfide) groups is 2. The molecule has 2 aliphatic heterocycles. The average Bonchev–Trinajstić information content (AvgIpc) is 3.39. The Hall–Kier alpha value is -0.590. The van der Waals surface area contributed by atoms with E-state index in [4.69, 9.17) is 0 Å². The van der Waals surface area contributed by atoms with Crippen LogP contribution in [-0.2, 0) is 0 Å². The van der Waals surface area contributed by atoms with Crippen LogP contribution in [0.4, 0.5) is 0 Å². The lowest BCUT2D eigenvalue weighted by molar-refractivity contribution is 1.18. The standard InChI is InChI=1S/C22H12Br2S3/c23-17-3-1-13-15(9-11-5-7-25-19(11)13)21(17)27-22-16-10-12-6-8-26-20(12)14(16)2-4-18(22)24/h1-10,19-20H. The van der Waals surface area contributed by atoms with Gasteiger partial charge in [-0.25, -0.2) is 0 Å². The van der Waals surface area contributed by atoms with E-state index >= 15 is 0 Å². The van der Waals surface area contributed by atoms with Crippen LogP contribution in [0.25, 0.3) is 12.2 Å². The van der Waals surface area contributed by atoms with E-state index in [-0.39, 0.29) is 0 Å². The predicted molar refractivity (Wildman–Crippen MR) is 127 cm³/mol. The molecule has 2 atom stereocenters. The van der Waals surface area contributed by atoms with Gasteiger partial charge in [0, 0.05) is 18.7 Å². The van der Waals surface area contributed by atoms with Crippen molar-refractivity contribution >= 4 is 79.3 Å². The van der Waals surface area contributed by atoms with Crippen LogP contribution in [0.2, 0.25) is 0 Å². The van der Waals surface area contributed by atoms with Gasteiger partial charge in [0.15, 0.2) is 0 Å². The van der Waals surface area contributed by atoms with Gasteiger partial charge in [-0.2, -0.15) is 0 Å². The molecule has 0 saturated carbocycles. The Labute approximate surface area is 187 Å². The van der Waals surface area contributed by atoms with Crippen molar-refractivity contribution in [1.82, 2.24) is 0 Å². The highest BCUT2D eigenvalue weighted by Crippen LogP contribution is 2.56. The summed E-state index contributed by atoms with van der Waals surface area (Å²) in [4.78, 5) is 2.63. The number of allylic oxidation sites excluding steroid dienone is 2. The Kier molecular flexibility index (Phi) is 4.14. The Morgan fingerprint density at radius 2 is 1.19 bits per heavy atom. The topological polar surface area (TPSA) is 0 Å². The van der Waals surface area contributed by atoms with E-state index in [0.29, 0.717) is 10.5 Å². The molecular formula is C22H12Br2S3. The van der Waals surface area contributed by atoms with Gasteiger partial charge in [0.1, 0.15) is 0 Å². The molecule has 2 unspecified atom stereocenters. The second-order valence-electron chi connectivity index (χ2n) is 6.79. The molecular weight excluding hydrogens is 520 g/mol. The molecule has 6 rings (SSSR count). The largest absolute Gasteiger partial charge is 0.121 e. The zero-order chi connectivity index (χ0) is 18.1. The molecule has 2 aromatic carbocycles. The Morgan fingerprint density at radius 3 is 1.67 bits per heavy atom. The van der Waals surface area contributed by atoms with E-state index in [0.717, 1.165) is 0 Å². The van der Waals surface area contributed by atoms with Crippen molar-refractivity contribution in [1.29, 1.82) is 0 Å². The first-order valence-electron chi connectivity index (χ1n) is 8.60. The first kappa shape index (κ1) is 17.3. The maximum absolute atomic E-state index is 3.82. The Bertz CT molecular complexity index is 1050. The van der Waals surface area contributed by atoms with E-state index < -0.39 is 0 Å². The van der Waals surface area contributed by atoms with E-state index in [9.17, 15) is 0 Å². The SMILES string of the molecule is Brc1ccc2c(c1Sc1c(Br)ccc3c1C=C1C=CSC13)C=C1C=CSC12. The van der Waals surface area contributed by atoms with Crippen molar-refractivity contribution in [3.05, 3.63) is 89.6 Å². The van der Waals surface area contributed by atoms with Crippen LogP contribution in [0.15, 0.2) is 77.1 Å². The molecule has 2 aromatic rings. The summed E-state index contributed by atoms with van der Waals surface area (Å²) < 4.78 is 2.34. The first-order valence-corrected chi connectivity index (χ1v) is 12.9. The van der Waals surface area contributed by atoms with Crippen molar-refractivity contribution in [2.45, 2.75) is 20.3 Å². The molecule has 0 N–H and O–H groups in total. The van der Waals surface area contributed by atoms with Crippen LogP contribution in [0.5, 0.6) is 0 Å². The second-order valence-corrected chi connectivity index (χ2v) is 11.5. The smallest absolute Gasteiger partial charge is 0.0594 e. The zero-order valence-corrected chi connectivity index (χ0v) is 19.5. The molecule has 0 spiro atoms. The summed E-state index contributed by atoms with van der Waals surface area (Å²) in [6.07, 6.45) is 9.24. The maximum Gasteiger partial charge on any atom is 0.0594 e. The van der Waals surface area contributed by atoms with Gasteiger partial charge >= 0.3 is 0 Å². The van der Waals surface area contributed by atoms with Crippen LogP contribution < -0.4 is 0 Å². The fourth-order valence-electron chi connectivity index (χ4n) is 4.05. The molecule has 5 heteroatoms. The summed E-state index contributed by atoms with van der Waals surface area (Å²) in [5, 5.41) is 5.37. The van der Waals surface area contributed by atoms with E-state index in [2.05, 4.69) is 91.2 Å². The third kappa shape index (κ3) is 2.58. The highest BCUT2D eigenvalue weighted by molar-refractivity contribution is 9.11. The van der Waals surface area contributed by atoms with Crippen LogP contribution in [0, 0.1) is 0 Å². The minimum absolute atomic E-state index is 0.473. The highest BCUT2D eigenvalue weighted by atomic mass is 79.9. The van der Waals surface area contributed by atoms with Gasteiger partial charge < -0.3 is 0 Å². The number of fused-ring (bicyclic) bond motifs is 6.